The first kappa shape index (κ1) is 13.3. The number of rotatable bonds is 3. The first-order chi connectivity index (χ1) is 10.1. The number of nitro groups is 1. The van der Waals surface area contributed by atoms with Gasteiger partial charge in [0.2, 0.25) is 5.82 Å². The van der Waals surface area contributed by atoms with Crippen LogP contribution in [0.1, 0.15) is 5.56 Å². The second-order valence-corrected chi connectivity index (χ2v) is 5.23. The Morgan fingerprint density at radius 3 is 2.86 bits per heavy atom. The number of hydrogen-bond acceptors (Lipinski definition) is 7. The molecule has 0 aliphatic carbocycles. The van der Waals surface area contributed by atoms with Crippen LogP contribution in [0.2, 0.25) is 0 Å². The minimum atomic E-state index is -0.477. The number of benzene rings is 1. The Morgan fingerprint density at radius 1 is 1.38 bits per heavy atom. The molecule has 21 heavy (non-hydrogen) atoms. The van der Waals surface area contributed by atoms with Gasteiger partial charge in [0.25, 0.3) is 11.6 Å². The Morgan fingerprint density at radius 2 is 2.19 bits per heavy atom. The van der Waals surface area contributed by atoms with E-state index in [4.69, 9.17) is 4.52 Å². The molecule has 0 unspecified atom stereocenters. The highest BCUT2D eigenvalue weighted by molar-refractivity contribution is 7.13. The number of aromatic nitrogens is 2. The maximum Gasteiger partial charge on any atom is 0.272 e. The molecule has 0 saturated carbocycles. The molecule has 0 aliphatic rings. The van der Waals surface area contributed by atoms with Gasteiger partial charge in [-0.05, 0) is 23.9 Å². The van der Waals surface area contributed by atoms with E-state index in [1.54, 1.807) is 18.4 Å². The molecule has 0 aliphatic heterocycles. The molecule has 0 spiro atoms. The molecule has 8 heteroatoms. The van der Waals surface area contributed by atoms with E-state index in [1.807, 2.05) is 0 Å². The third kappa shape index (κ3) is 2.36. The number of nitro benzene ring substituents is 1. The maximum absolute atomic E-state index is 10.8. The van der Waals surface area contributed by atoms with Gasteiger partial charge in [0.15, 0.2) is 0 Å². The van der Waals surface area contributed by atoms with Crippen molar-refractivity contribution in [3.8, 4) is 27.9 Å². The molecule has 3 rings (SSSR count). The van der Waals surface area contributed by atoms with Crippen molar-refractivity contribution in [3.05, 3.63) is 45.3 Å². The summed E-state index contributed by atoms with van der Waals surface area (Å²) in [7, 11) is 0. The average Bonchev–Trinajstić information content (AvgIpc) is 3.07. The third-order valence-corrected chi connectivity index (χ3v) is 3.83. The number of aryl methyl sites for hydroxylation is 1. The quantitative estimate of drug-likeness (QED) is 0.587. The van der Waals surface area contributed by atoms with Crippen molar-refractivity contribution in [1.82, 2.24) is 10.1 Å². The molecular weight excluding hydrogens is 294 g/mol. The van der Waals surface area contributed by atoms with Crippen molar-refractivity contribution in [2.24, 2.45) is 0 Å². The largest absolute Gasteiger partial charge is 0.506 e. The molecule has 0 atom stereocenters. The first-order valence-corrected chi connectivity index (χ1v) is 6.80. The Hall–Kier alpha value is -2.74. The van der Waals surface area contributed by atoms with E-state index in [1.165, 1.54) is 29.5 Å². The van der Waals surface area contributed by atoms with E-state index in [0.29, 0.717) is 10.4 Å². The van der Waals surface area contributed by atoms with Gasteiger partial charge in [-0.1, -0.05) is 11.2 Å². The molecule has 7 nitrogen and oxygen atoms in total. The van der Waals surface area contributed by atoms with Crippen LogP contribution in [-0.2, 0) is 0 Å². The number of aromatic hydroxyl groups is 1. The van der Waals surface area contributed by atoms with E-state index >= 15 is 0 Å². The summed E-state index contributed by atoms with van der Waals surface area (Å²) in [4.78, 5) is 15.0. The topological polar surface area (TPSA) is 102 Å². The highest BCUT2D eigenvalue weighted by Crippen LogP contribution is 2.35. The van der Waals surface area contributed by atoms with Gasteiger partial charge in [0, 0.05) is 17.7 Å². The van der Waals surface area contributed by atoms with Crippen LogP contribution in [0.4, 0.5) is 5.69 Å². The number of nitrogens with zero attached hydrogens (tertiary/aromatic N) is 3. The van der Waals surface area contributed by atoms with Gasteiger partial charge in [0.05, 0.1) is 4.92 Å². The van der Waals surface area contributed by atoms with Crippen LogP contribution < -0.4 is 0 Å². The molecule has 3 aromatic rings. The number of non-ortho nitro benzene ring substituents is 1. The minimum absolute atomic E-state index is 0.0408. The van der Waals surface area contributed by atoms with E-state index in [0.717, 1.165) is 5.56 Å². The van der Waals surface area contributed by atoms with Gasteiger partial charge in [-0.3, -0.25) is 10.1 Å². The molecule has 106 valence electrons. The second kappa shape index (κ2) is 4.98. The zero-order valence-electron chi connectivity index (χ0n) is 10.8. The summed E-state index contributed by atoms with van der Waals surface area (Å²) >= 11 is 1.27. The SMILES string of the molecule is Cc1ccc([N+](=O)[O-])cc1-c1noc(-c2sccc2O)n1. The second-order valence-electron chi connectivity index (χ2n) is 4.31. The fourth-order valence-corrected chi connectivity index (χ4v) is 2.56. The van der Waals surface area contributed by atoms with Crippen LogP contribution in [0.5, 0.6) is 5.75 Å². The van der Waals surface area contributed by atoms with Crippen LogP contribution in [-0.4, -0.2) is 20.2 Å². The molecule has 0 radical (unpaired) electrons. The molecule has 0 bridgehead atoms. The molecule has 1 aromatic carbocycles. The van der Waals surface area contributed by atoms with Gasteiger partial charge in [0.1, 0.15) is 10.6 Å². The predicted molar refractivity (Wildman–Crippen MR) is 76.1 cm³/mol. The van der Waals surface area contributed by atoms with Gasteiger partial charge in [-0.25, -0.2) is 0 Å². The lowest BCUT2D eigenvalue weighted by atomic mass is 10.1. The molecule has 0 amide bonds. The van der Waals surface area contributed by atoms with Crippen LogP contribution in [0.25, 0.3) is 22.2 Å². The van der Waals surface area contributed by atoms with E-state index in [9.17, 15) is 15.2 Å². The van der Waals surface area contributed by atoms with Crippen molar-refractivity contribution < 1.29 is 14.6 Å². The molecular formula is C13H9N3O4S. The smallest absolute Gasteiger partial charge is 0.272 e. The molecule has 2 aromatic heterocycles. The summed E-state index contributed by atoms with van der Waals surface area (Å²) in [6, 6.07) is 5.98. The monoisotopic (exact) mass is 303 g/mol. The summed E-state index contributed by atoms with van der Waals surface area (Å²) in [5.41, 5.74) is 1.28. The Kier molecular flexibility index (Phi) is 3.15. The van der Waals surface area contributed by atoms with Gasteiger partial charge >= 0.3 is 0 Å². The maximum atomic E-state index is 10.8. The summed E-state index contributed by atoms with van der Waals surface area (Å²) < 4.78 is 5.12. The van der Waals surface area contributed by atoms with Crippen LogP contribution >= 0.6 is 11.3 Å². The lowest BCUT2D eigenvalue weighted by Gasteiger charge is -2.00. The predicted octanol–water partition coefficient (Wildman–Crippen LogP) is 3.39. The Labute approximate surface area is 122 Å². The van der Waals surface area contributed by atoms with Crippen molar-refractivity contribution in [3.63, 3.8) is 0 Å². The van der Waals surface area contributed by atoms with Crippen molar-refractivity contribution in [2.75, 3.05) is 0 Å². The first-order valence-electron chi connectivity index (χ1n) is 5.92. The average molecular weight is 303 g/mol. The summed E-state index contributed by atoms with van der Waals surface area (Å²) in [6.45, 7) is 1.80. The third-order valence-electron chi connectivity index (χ3n) is 2.94. The van der Waals surface area contributed by atoms with E-state index in [2.05, 4.69) is 10.1 Å². The van der Waals surface area contributed by atoms with E-state index in [-0.39, 0.29) is 23.2 Å². The zero-order chi connectivity index (χ0) is 15.0. The zero-order valence-corrected chi connectivity index (χ0v) is 11.6. The molecule has 0 fully saturated rings. The van der Waals surface area contributed by atoms with Gasteiger partial charge in [-0.2, -0.15) is 4.98 Å². The fourth-order valence-electron chi connectivity index (χ4n) is 1.85. The summed E-state index contributed by atoms with van der Waals surface area (Å²) in [5.74, 6) is 0.494. The fraction of sp³-hybridized carbons (Fsp3) is 0.0769. The van der Waals surface area contributed by atoms with Gasteiger partial charge in [-0.15, -0.1) is 11.3 Å². The Bertz CT molecular complexity index is 824. The molecule has 2 heterocycles. The lowest BCUT2D eigenvalue weighted by Crippen LogP contribution is -1.91. The normalized spacial score (nSPS) is 10.7. The van der Waals surface area contributed by atoms with Gasteiger partial charge < -0.3 is 9.63 Å². The van der Waals surface area contributed by atoms with Crippen LogP contribution in [0.3, 0.4) is 0 Å². The lowest BCUT2D eigenvalue weighted by molar-refractivity contribution is -0.384. The van der Waals surface area contributed by atoms with E-state index < -0.39 is 4.92 Å². The van der Waals surface area contributed by atoms with Crippen LogP contribution in [0, 0.1) is 17.0 Å². The standard InChI is InChI=1S/C13H9N3O4S/c1-7-2-3-8(16(18)19)6-9(7)12-14-13(20-15-12)11-10(17)4-5-21-11/h2-6,17H,1H3. The summed E-state index contributed by atoms with van der Waals surface area (Å²) in [5, 5.41) is 26.0. The van der Waals surface area contributed by atoms with Crippen molar-refractivity contribution in [1.29, 1.82) is 0 Å². The van der Waals surface area contributed by atoms with Crippen molar-refractivity contribution in [2.45, 2.75) is 6.92 Å². The highest BCUT2D eigenvalue weighted by Gasteiger charge is 2.18. The number of thiophene rings is 1. The minimum Gasteiger partial charge on any atom is -0.506 e. The summed E-state index contributed by atoms with van der Waals surface area (Å²) in [6.07, 6.45) is 0. The Balaban J connectivity index is 2.06. The van der Waals surface area contributed by atoms with Crippen molar-refractivity contribution >= 4 is 17.0 Å². The number of hydrogen-bond donors (Lipinski definition) is 1. The molecule has 0 saturated heterocycles. The molecule has 1 N–H and O–H groups in total. The highest BCUT2D eigenvalue weighted by atomic mass is 32.1. The van der Waals surface area contributed by atoms with Crippen LogP contribution in [0.15, 0.2) is 34.2 Å².